The number of amides is 2. The van der Waals surface area contributed by atoms with E-state index in [-0.39, 0.29) is 23.5 Å². The second-order valence-corrected chi connectivity index (χ2v) is 8.49. The number of halogens is 1. The van der Waals surface area contributed by atoms with E-state index >= 15 is 0 Å². The summed E-state index contributed by atoms with van der Waals surface area (Å²) >= 11 is 7.35. The fourth-order valence-electron chi connectivity index (χ4n) is 3.38. The van der Waals surface area contributed by atoms with Gasteiger partial charge in [0.25, 0.3) is 5.22 Å². The summed E-state index contributed by atoms with van der Waals surface area (Å²) in [6.07, 6.45) is 1.29. The number of hydrogen-bond acceptors (Lipinski definition) is 6. The van der Waals surface area contributed by atoms with Crippen LogP contribution in [0.25, 0.3) is 11.5 Å². The van der Waals surface area contributed by atoms with Crippen molar-refractivity contribution in [2.45, 2.75) is 18.1 Å². The van der Waals surface area contributed by atoms with Crippen LogP contribution in [0.1, 0.15) is 12.8 Å². The summed E-state index contributed by atoms with van der Waals surface area (Å²) in [5.41, 5.74) is 1.45. The molecule has 0 atom stereocenters. The normalized spacial score (nSPS) is 14.4. The van der Waals surface area contributed by atoms with Gasteiger partial charge in [-0.15, -0.1) is 10.2 Å². The van der Waals surface area contributed by atoms with E-state index in [0.29, 0.717) is 47.6 Å². The van der Waals surface area contributed by atoms with Crippen LogP contribution in [-0.2, 0) is 9.59 Å². The van der Waals surface area contributed by atoms with Crippen molar-refractivity contribution in [2.24, 2.45) is 5.92 Å². The molecule has 1 aliphatic heterocycles. The second kappa shape index (κ2) is 9.98. The molecule has 31 heavy (non-hydrogen) atoms. The van der Waals surface area contributed by atoms with E-state index in [0.717, 1.165) is 5.69 Å². The molecule has 2 aromatic carbocycles. The quantitative estimate of drug-likeness (QED) is 0.554. The van der Waals surface area contributed by atoms with Gasteiger partial charge in [0.1, 0.15) is 0 Å². The maximum absolute atomic E-state index is 12.6. The van der Waals surface area contributed by atoms with Crippen LogP contribution in [-0.4, -0.2) is 45.8 Å². The van der Waals surface area contributed by atoms with Gasteiger partial charge in [-0.1, -0.05) is 53.7 Å². The van der Waals surface area contributed by atoms with Gasteiger partial charge in [0.05, 0.1) is 16.3 Å². The Labute approximate surface area is 189 Å². The minimum atomic E-state index is -0.0916. The molecule has 1 fully saturated rings. The lowest BCUT2D eigenvalue weighted by molar-refractivity contribution is -0.132. The zero-order valence-electron chi connectivity index (χ0n) is 16.7. The number of anilines is 1. The molecular weight excluding hydrogens is 436 g/mol. The molecule has 160 valence electrons. The Balaban J connectivity index is 1.24. The first-order chi connectivity index (χ1) is 15.1. The highest BCUT2D eigenvalue weighted by atomic mass is 35.5. The number of nitrogens with one attached hydrogen (secondary N) is 1. The Morgan fingerprint density at radius 2 is 1.77 bits per heavy atom. The molecule has 2 heterocycles. The molecule has 1 N–H and O–H groups in total. The van der Waals surface area contributed by atoms with Crippen LogP contribution < -0.4 is 5.32 Å². The van der Waals surface area contributed by atoms with Gasteiger partial charge in [-0.2, -0.15) is 0 Å². The highest BCUT2D eigenvalue weighted by Gasteiger charge is 2.27. The van der Waals surface area contributed by atoms with Gasteiger partial charge < -0.3 is 14.6 Å². The van der Waals surface area contributed by atoms with Gasteiger partial charge in [-0.25, -0.2) is 0 Å². The second-order valence-electron chi connectivity index (χ2n) is 7.15. The van der Waals surface area contributed by atoms with Crippen LogP contribution >= 0.6 is 23.4 Å². The molecule has 0 bridgehead atoms. The summed E-state index contributed by atoms with van der Waals surface area (Å²) in [5.74, 6) is 0.428. The van der Waals surface area contributed by atoms with Gasteiger partial charge in [0.15, 0.2) is 0 Å². The molecule has 1 aliphatic rings. The van der Waals surface area contributed by atoms with E-state index in [1.807, 2.05) is 42.5 Å². The Kier molecular flexibility index (Phi) is 6.89. The number of carbonyl (C=O) groups excluding carboxylic acids is 2. The van der Waals surface area contributed by atoms with Crippen molar-refractivity contribution in [1.29, 1.82) is 0 Å². The molecule has 3 aromatic rings. The van der Waals surface area contributed by atoms with E-state index in [9.17, 15) is 9.59 Å². The first-order valence-electron chi connectivity index (χ1n) is 9.95. The van der Waals surface area contributed by atoms with Crippen molar-refractivity contribution in [1.82, 2.24) is 15.1 Å². The summed E-state index contributed by atoms with van der Waals surface area (Å²) in [7, 11) is 0. The third-order valence-electron chi connectivity index (χ3n) is 5.09. The molecule has 1 aromatic heterocycles. The fourth-order valence-corrected chi connectivity index (χ4v) is 4.27. The van der Waals surface area contributed by atoms with E-state index in [4.69, 9.17) is 16.0 Å². The van der Waals surface area contributed by atoms with Crippen LogP contribution in [0.15, 0.2) is 64.2 Å². The van der Waals surface area contributed by atoms with Gasteiger partial charge in [0, 0.05) is 24.7 Å². The summed E-state index contributed by atoms with van der Waals surface area (Å²) in [6.45, 7) is 1.11. The summed E-state index contributed by atoms with van der Waals surface area (Å²) < 4.78 is 5.63. The van der Waals surface area contributed by atoms with Crippen molar-refractivity contribution >= 4 is 40.9 Å². The maximum Gasteiger partial charge on any atom is 0.277 e. The highest BCUT2D eigenvalue weighted by molar-refractivity contribution is 7.99. The molecule has 0 unspecified atom stereocenters. The van der Waals surface area contributed by atoms with Crippen LogP contribution in [0.4, 0.5) is 5.69 Å². The van der Waals surface area contributed by atoms with Crippen molar-refractivity contribution < 1.29 is 14.0 Å². The van der Waals surface area contributed by atoms with Crippen LogP contribution in [0, 0.1) is 5.92 Å². The monoisotopic (exact) mass is 456 g/mol. The standard InChI is InChI=1S/C22H21ClN4O3S/c23-18-9-5-4-8-17(18)21-25-26-22(30-21)31-14-19(28)27-12-10-15(11-13-27)20(29)24-16-6-2-1-3-7-16/h1-9,15H,10-14H2,(H,24,29). The number of hydrogen-bond donors (Lipinski definition) is 1. The van der Waals surface area contributed by atoms with E-state index in [1.54, 1.807) is 17.0 Å². The van der Waals surface area contributed by atoms with E-state index in [1.165, 1.54) is 11.8 Å². The number of thioether (sulfide) groups is 1. The number of para-hydroxylation sites is 1. The third kappa shape index (κ3) is 5.45. The third-order valence-corrected chi connectivity index (χ3v) is 6.22. The molecule has 7 nitrogen and oxygen atoms in total. The Morgan fingerprint density at radius 3 is 2.52 bits per heavy atom. The molecule has 9 heteroatoms. The van der Waals surface area contributed by atoms with Crippen LogP contribution in [0.2, 0.25) is 5.02 Å². The summed E-state index contributed by atoms with van der Waals surface area (Å²) in [5, 5.41) is 11.8. The lowest BCUT2D eigenvalue weighted by atomic mass is 9.96. The number of aromatic nitrogens is 2. The Morgan fingerprint density at radius 1 is 1.06 bits per heavy atom. The van der Waals surface area contributed by atoms with Crippen LogP contribution in [0.5, 0.6) is 0 Å². The number of benzene rings is 2. The molecule has 0 radical (unpaired) electrons. The minimum Gasteiger partial charge on any atom is -0.411 e. The number of rotatable bonds is 6. The first kappa shape index (κ1) is 21.4. The highest BCUT2D eigenvalue weighted by Crippen LogP contribution is 2.29. The first-order valence-corrected chi connectivity index (χ1v) is 11.3. The van der Waals surface area contributed by atoms with Crippen molar-refractivity contribution in [3.8, 4) is 11.5 Å². The van der Waals surface area contributed by atoms with Crippen LogP contribution in [0.3, 0.4) is 0 Å². The zero-order chi connectivity index (χ0) is 21.6. The largest absolute Gasteiger partial charge is 0.411 e. The van der Waals surface area contributed by atoms with Crippen molar-refractivity contribution in [2.75, 3.05) is 24.2 Å². The lowest BCUT2D eigenvalue weighted by Gasteiger charge is -2.31. The SMILES string of the molecule is O=C(Nc1ccccc1)C1CCN(C(=O)CSc2nnc(-c3ccccc3Cl)o2)CC1. The summed E-state index contributed by atoms with van der Waals surface area (Å²) in [6, 6.07) is 16.6. The molecule has 1 saturated heterocycles. The van der Waals surface area contributed by atoms with Crippen molar-refractivity contribution in [3.05, 3.63) is 59.6 Å². The molecule has 2 amide bonds. The molecule has 0 saturated carbocycles. The van der Waals surface area contributed by atoms with E-state index in [2.05, 4.69) is 15.5 Å². The molecule has 4 rings (SSSR count). The number of nitrogens with zero attached hydrogens (tertiary/aromatic N) is 3. The molecule has 0 spiro atoms. The fraction of sp³-hybridized carbons (Fsp3) is 0.273. The predicted octanol–water partition coefficient (Wildman–Crippen LogP) is 4.36. The summed E-state index contributed by atoms with van der Waals surface area (Å²) in [4.78, 5) is 26.8. The van der Waals surface area contributed by atoms with Gasteiger partial charge >= 0.3 is 0 Å². The van der Waals surface area contributed by atoms with Gasteiger partial charge in [-0.05, 0) is 37.1 Å². The minimum absolute atomic E-state index is 0.00522. The lowest BCUT2D eigenvalue weighted by Crippen LogP contribution is -2.42. The van der Waals surface area contributed by atoms with Gasteiger partial charge in [-0.3, -0.25) is 9.59 Å². The average Bonchev–Trinajstić information content (AvgIpc) is 3.27. The Hall–Kier alpha value is -2.84. The number of likely N-dealkylation sites (tertiary alicyclic amines) is 1. The molecular formula is C22H21ClN4O3S. The van der Waals surface area contributed by atoms with Gasteiger partial charge in [0.2, 0.25) is 17.7 Å². The van der Waals surface area contributed by atoms with Crippen molar-refractivity contribution in [3.63, 3.8) is 0 Å². The average molecular weight is 457 g/mol. The van der Waals surface area contributed by atoms with E-state index < -0.39 is 0 Å². The smallest absolute Gasteiger partial charge is 0.277 e. The molecule has 0 aliphatic carbocycles. The topological polar surface area (TPSA) is 88.3 Å². The maximum atomic E-state index is 12.6. The number of piperidine rings is 1. The zero-order valence-corrected chi connectivity index (χ0v) is 18.2. The predicted molar refractivity (Wildman–Crippen MR) is 120 cm³/mol. The Bertz CT molecular complexity index is 1050. The number of carbonyl (C=O) groups is 2.